The van der Waals surface area contributed by atoms with Crippen molar-refractivity contribution in [2.75, 3.05) is 6.54 Å². The summed E-state index contributed by atoms with van der Waals surface area (Å²) in [6, 6.07) is 12.3. The number of imidazole rings is 1. The number of benzene rings is 2. The van der Waals surface area contributed by atoms with Crippen LogP contribution in [0.1, 0.15) is 28.7 Å². The van der Waals surface area contributed by atoms with Crippen LogP contribution in [0, 0.1) is 6.92 Å². The molecule has 2 N–H and O–H groups in total. The predicted octanol–water partition coefficient (Wildman–Crippen LogP) is 2.11. The van der Waals surface area contributed by atoms with Crippen molar-refractivity contribution in [1.29, 1.82) is 0 Å². The number of nitrogens with zero attached hydrogens (tertiary/aromatic N) is 2. The Balaban J connectivity index is 1.82. The van der Waals surface area contributed by atoms with Crippen LogP contribution in [-0.4, -0.2) is 30.4 Å². The number of amides is 1. The fourth-order valence-electron chi connectivity index (χ4n) is 2.89. The molecule has 0 spiro atoms. The third-order valence-corrected chi connectivity index (χ3v) is 5.93. The third-order valence-electron chi connectivity index (χ3n) is 4.39. The molecule has 7 nitrogen and oxygen atoms in total. The van der Waals surface area contributed by atoms with Crippen molar-refractivity contribution >= 4 is 27.0 Å². The molecule has 3 rings (SSSR count). The fraction of sp³-hybridized carbons (Fsp3) is 0.263. The Morgan fingerprint density at radius 1 is 1.19 bits per heavy atom. The van der Waals surface area contributed by atoms with Crippen molar-refractivity contribution < 1.29 is 13.2 Å². The Kier molecular flexibility index (Phi) is 5.29. The van der Waals surface area contributed by atoms with Crippen LogP contribution >= 0.6 is 0 Å². The quantitative estimate of drug-likeness (QED) is 0.679. The van der Waals surface area contributed by atoms with Crippen LogP contribution in [0.25, 0.3) is 11.0 Å². The fourth-order valence-corrected chi connectivity index (χ4v) is 3.96. The minimum atomic E-state index is -3.62. The van der Waals surface area contributed by atoms with Gasteiger partial charge in [0.15, 0.2) is 0 Å². The van der Waals surface area contributed by atoms with Crippen molar-refractivity contribution in [3.63, 3.8) is 0 Å². The zero-order chi connectivity index (χ0) is 19.6. The minimum Gasteiger partial charge on any atom is -0.345 e. The van der Waals surface area contributed by atoms with Gasteiger partial charge in [-0.1, -0.05) is 25.1 Å². The Morgan fingerprint density at radius 2 is 1.93 bits per heavy atom. The molecule has 0 radical (unpaired) electrons. The second-order valence-corrected chi connectivity index (χ2v) is 8.00. The highest BCUT2D eigenvalue weighted by Crippen LogP contribution is 2.17. The summed E-state index contributed by atoms with van der Waals surface area (Å²) in [7, 11) is -1.73. The first-order chi connectivity index (χ1) is 12.8. The minimum absolute atomic E-state index is 0.0721. The van der Waals surface area contributed by atoms with E-state index in [1.165, 1.54) is 12.1 Å². The number of rotatable bonds is 6. The van der Waals surface area contributed by atoms with Gasteiger partial charge in [-0.15, -0.1) is 0 Å². The SMILES string of the molecule is CCNS(=O)(=O)c1ccc(C)c(C(=O)NCc2nc3ccccc3n2C)c1. The van der Waals surface area contributed by atoms with E-state index in [1.54, 1.807) is 19.9 Å². The van der Waals surface area contributed by atoms with E-state index in [9.17, 15) is 13.2 Å². The van der Waals surface area contributed by atoms with E-state index in [-0.39, 0.29) is 23.9 Å². The van der Waals surface area contributed by atoms with E-state index in [2.05, 4.69) is 15.0 Å². The summed E-state index contributed by atoms with van der Waals surface area (Å²) in [6.45, 7) is 4.00. The molecule has 0 aliphatic heterocycles. The van der Waals surface area contributed by atoms with Gasteiger partial charge < -0.3 is 9.88 Å². The van der Waals surface area contributed by atoms with Crippen molar-refractivity contribution in [2.24, 2.45) is 7.05 Å². The number of nitrogens with one attached hydrogen (secondary N) is 2. The van der Waals surface area contributed by atoms with E-state index in [0.717, 1.165) is 16.9 Å². The molecule has 0 saturated heterocycles. The maximum Gasteiger partial charge on any atom is 0.251 e. The highest BCUT2D eigenvalue weighted by Gasteiger charge is 2.18. The lowest BCUT2D eigenvalue weighted by atomic mass is 10.1. The molecule has 0 atom stereocenters. The number of aromatic nitrogens is 2. The van der Waals surface area contributed by atoms with Crippen molar-refractivity contribution in [3.8, 4) is 0 Å². The van der Waals surface area contributed by atoms with Crippen LogP contribution in [-0.2, 0) is 23.6 Å². The van der Waals surface area contributed by atoms with Gasteiger partial charge in [-0.3, -0.25) is 4.79 Å². The van der Waals surface area contributed by atoms with Gasteiger partial charge in [0.05, 0.1) is 22.5 Å². The van der Waals surface area contributed by atoms with E-state index in [1.807, 2.05) is 35.9 Å². The molecular weight excluding hydrogens is 364 g/mol. The van der Waals surface area contributed by atoms with Crippen molar-refractivity contribution in [3.05, 3.63) is 59.4 Å². The lowest BCUT2D eigenvalue weighted by Gasteiger charge is -2.11. The number of aryl methyl sites for hydroxylation is 2. The molecule has 1 amide bonds. The molecule has 0 fully saturated rings. The molecule has 8 heteroatoms. The van der Waals surface area contributed by atoms with Gasteiger partial charge in [-0.2, -0.15) is 0 Å². The number of carbonyl (C=O) groups excluding carboxylic acids is 1. The summed E-state index contributed by atoms with van der Waals surface area (Å²) in [4.78, 5) is 17.2. The number of para-hydroxylation sites is 2. The largest absolute Gasteiger partial charge is 0.345 e. The van der Waals surface area contributed by atoms with Gasteiger partial charge in [0.25, 0.3) is 5.91 Å². The maximum atomic E-state index is 12.6. The average Bonchev–Trinajstić information content (AvgIpc) is 2.96. The normalized spacial score (nSPS) is 11.7. The number of hydrogen-bond acceptors (Lipinski definition) is 4. The first-order valence-corrected chi connectivity index (χ1v) is 10.1. The van der Waals surface area contributed by atoms with Crippen LogP contribution in [0.3, 0.4) is 0 Å². The zero-order valence-corrected chi connectivity index (χ0v) is 16.3. The lowest BCUT2D eigenvalue weighted by molar-refractivity contribution is 0.0949. The van der Waals surface area contributed by atoms with E-state index in [0.29, 0.717) is 11.1 Å². The molecule has 3 aromatic rings. The van der Waals surface area contributed by atoms with Crippen LogP contribution < -0.4 is 10.0 Å². The second-order valence-electron chi connectivity index (χ2n) is 6.24. The van der Waals surface area contributed by atoms with Crippen LogP contribution in [0.4, 0.5) is 0 Å². The van der Waals surface area contributed by atoms with E-state index >= 15 is 0 Å². The first kappa shape index (κ1) is 19.1. The topological polar surface area (TPSA) is 93.1 Å². The molecule has 2 aromatic carbocycles. The van der Waals surface area contributed by atoms with Crippen molar-refractivity contribution in [1.82, 2.24) is 19.6 Å². The third kappa shape index (κ3) is 3.86. The second kappa shape index (κ2) is 7.50. The molecule has 0 aliphatic carbocycles. The summed E-state index contributed by atoms with van der Waals surface area (Å²) in [5.74, 6) is 0.381. The molecule has 0 bridgehead atoms. The molecule has 27 heavy (non-hydrogen) atoms. The van der Waals surface area contributed by atoms with Gasteiger partial charge >= 0.3 is 0 Å². The van der Waals surface area contributed by atoms with Gasteiger partial charge in [-0.25, -0.2) is 18.1 Å². The van der Waals surface area contributed by atoms with Crippen molar-refractivity contribution in [2.45, 2.75) is 25.3 Å². The van der Waals surface area contributed by atoms with Crippen LogP contribution in [0.5, 0.6) is 0 Å². The smallest absolute Gasteiger partial charge is 0.251 e. The summed E-state index contributed by atoms with van der Waals surface area (Å²) < 4.78 is 28.7. The monoisotopic (exact) mass is 386 g/mol. The first-order valence-electron chi connectivity index (χ1n) is 8.62. The molecular formula is C19H22N4O3S. The molecule has 0 aliphatic rings. The van der Waals surface area contributed by atoms with E-state index < -0.39 is 10.0 Å². The van der Waals surface area contributed by atoms with E-state index in [4.69, 9.17) is 0 Å². The molecule has 0 saturated carbocycles. The number of sulfonamides is 1. The maximum absolute atomic E-state index is 12.6. The lowest BCUT2D eigenvalue weighted by Crippen LogP contribution is -2.27. The van der Waals surface area contributed by atoms with Gasteiger partial charge in [0.2, 0.25) is 10.0 Å². The summed E-state index contributed by atoms with van der Waals surface area (Å²) in [5.41, 5.74) is 2.87. The summed E-state index contributed by atoms with van der Waals surface area (Å²) >= 11 is 0. The highest BCUT2D eigenvalue weighted by atomic mass is 32.2. The Morgan fingerprint density at radius 3 is 2.63 bits per heavy atom. The van der Waals surface area contributed by atoms with Gasteiger partial charge in [-0.05, 0) is 36.8 Å². The van der Waals surface area contributed by atoms with Crippen LogP contribution in [0.2, 0.25) is 0 Å². The Labute approximate surface area is 158 Å². The van der Waals surface area contributed by atoms with Gasteiger partial charge in [0.1, 0.15) is 5.82 Å². The number of carbonyl (C=O) groups is 1. The predicted molar refractivity (Wildman–Crippen MR) is 104 cm³/mol. The average molecular weight is 386 g/mol. The summed E-state index contributed by atoms with van der Waals surface area (Å²) in [5, 5.41) is 2.83. The zero-order valence-electron chi connectivity index (χ0n) is 15.5. The van der Waals surface area contributed by atoms with Gasteiger partial charge in [0, 0.05) is 19.2 Å². The molecule has 0 unspecified atom stereocenters. The molecule has 142 valence electrons. The van der Waals surface area contributed by atoms with Crippen LogP contribution in [0.15, 0.2) is 47.4 Å². The standard InChI is InChI=1S/C19H22N4O3S/c1-4-21-27(25,26)14-10-9-13(2)15(11-14)19(24)20-12-18-22-16-7-5-6-8-17(16)23(18)3/h5-11,21H,4,12H2,1-3H3,(H,20,24). The number of hydrogen-bond donors (Lipinski definition) is 2. The molecule has 1 heterocycles. The number of fused-ring (bicyclic) bond motifs is 1. The Bertz CT molecular complexity index is 1100. The summed E-state index contributed by atoms with van der Waals surface area (Å²) in [6.07, 6.45) is 0. The molecule has 1 aromatic heterocycles. The highest BCUT2D eigenvalue weighted by molar-refractivity contribution is 7.89. The Hall–Kier alpha value is -2.71.